The van der Waals surface area contributed by atoms with Gasteiger partial charge >= 0.3 is 5.97 Å². The van der Waals surface area contributed by atoms with Crippen LogP contribution in [0.5, 0.6) is 0 Å². The summed E-state index contributed by atoms with van der Waals surface area (Å²) in [7, 11) is 1.59. The van der Waals surface area contributed by atoms with Gasteiger partial charge in [0, 0.05) is 25.8 Å². The number of thioether (sulfide) groups is 1. The highest BCUT2D eigenvalue weighted by Gasteiger charge is 2.12. The summed E-state index contributed by atoms with van der Waals surface area (Å²) in [5.74, 6) is 0.0877. The molecule has 0 aliphatic rings. The van der Waals surface area contributed by atoms with Gasteiger partial charge in [-0.3, -0.25) is 9.59 Å². The van der Waals surface area contributed by atoms with Crippen LogP contribution in [0.2, 0.25) is 0 Å². The molecule has 0 fully saturated rings. The van der Waals surface area contributed by atoms with Crippen molar-refractivity contribution in [3.8, 4) is 6.07 Å². The summed E-state index contributed by atoms with van der Waals surface area (Å²) in [6.07, 6.45) is 1.20. The maximum Gasteiger partial charge on any atom is 0.306 e. The minimum absolute atomic E-state index is 0.263. The topological polar surface area (TPSA) is 83.3 Å². The van der Waals surface area contributed by atoms with E-state index in [1.807, 2.05) is 30.3 Å². The lowest BCUT2D eigenvalue weighted by molar-refractivity contribution is -0.151. The summed E-state index contributed by atoms with van der Waals surface area (Å²) < 4.78 is 7.12. The Kier molecular flexibility index (Phi) is 7.70. The van der Waals surface area contributed by atoms with Crippen LogP contribution >= 0.6 is 23.1 Å². The molecule has 0 saturated heterocycles. The molecule has 0 spiro atoms. The third-order valence-corrected chi connectivity index (χ3v) is 5.63. The number of para-hydroxylation sites is 1. The number of ether oxygens (including phenoxy) is 1. The number of fused-ring (bicyclic) bond motifs is 1. The van der Waals surface area contributed by atoms with Crippen LogP contribution in [0.25, 0.3) is 10.2 Å². The van der Waals surface area contributed by atoms with Gasteiger partial charge in [0.1, 0.15) is 0 Å². The van der Waals surface area contributed by atoms with Gasteiger partial charge in [-0.25, -0.2) is 4.98 Å². The Balaban J connectivity index is 1.62. The van der Waals surface area contributed by atoms with Crippen molar-refractivity contribution in [2.75, 3.05) is 26.0 Å². The van der Waals surface area contributed by atoms with E-state index < -0.39 is 0 Å². The number of nitriles is 1. The van der Waals surface area contributed by atoms with Gasteiger partial charge in [0.15, 0.2) is 10.9 Å². The van der Waals surface area contributed by atoms with Crippen molar-refractivity contribution in [2.45, 2.75) is 23.6 Å². The van der Waals surface area contributed by atoms with E-state index in [2.05, 4.69) is 4.98 Å². The van der Waals surface area contributed by atoms with Crippen LogP contribution in [0.4, 0.5) is 0 Å². The van der Waals surface area contributed by atoms with E-state index in [9.17, 15) is 9.59 Å². The van der Waals surface area contributed by atoms with Crippen LogP contribution in [-0.2, 0) is 14.3 Å². The molecule has 0 N–H and O–H groups in total. The van der Waals surface area contributed by atoms with Gasteiger partial charge in [-0.05, 0) is 18.6 Å². The molecule has 1 aromatic heterocycles. The van der Waals surface area contributed by atoms with Crippen molar-refractivity contribution in [3.63, 3.8) is 0 Å². The molecule has 2 aromatic rings. The lowest BCUT2D eigenvalue weighted by Gasteiger charge is -2.15. The molecule has 132 valence electrons. The first kappa shape index (κ1) is 19.2. The van der Waals surface area contributed by atoms with E-state index in [4.69, 9.17) is 10.00 Å². The average molecular weight is 377 g/mol. The van der Waals surface area contributed by atoms with Gasteiger partial charge in [0.25, 0.3) is 5.91 Å². The number of hydrogen-bond acceptors (Lipinski definition) is 7. The van der Waals surface area contributed by atoms with Gasteiger partial charge < -0.3 is 9.64 Å². The Morgan fingerprint density at radius 1 is 1.40 bits per heavy atom. The van der Waals surface area contributed by atoms with Gasteiger partial charge in [0.2, 0.25) is 0 Å². The van der Waals surface area contributed by atoms with Crippen LogP contribution in [0.3, 0.4) is 0 Å². The second-order valence-corrected chi connectivity index (χ2v) is 7.66. The average Bonchev–Trinajstić information content (AvgIpc) is 3.04. The number of thiazole rings is 1. The van der Waals surface area contributed by atoms with Crippen LogP contribution in [0.15, 0.2) is 28.6 Å². The molecule has 0 unspecified atom stereocenters. The highest BCUT2D eigenvalue weighted by Crippen LogP contribution is 2.29. The fourth-order valence-electron chi connectivity index (χ4n) is 1.96. The summed E-state index contributed by atoms with van der Waals surface area (Å²) in [4.78, 5) is 29.3. The minimum atomic E-state index is -0.382. The fourth-order valence-corrected chi connectivity index (χ4v) is 4.03. The Morgan fingerprint density at radius 3 is 2.96 bits per heavy atom. The Morgan fingerprint density at radius 2 is 2.20 bits per heavy atom. The molecule has 0 bridgehead atoms. The zero-order valence-corrected chi connectivity index (χ0v) is 15.6. The van der Waals surface area contributed by atoms with E-state index in [-0.39, 0.29) is 31.3 Å². The molecule has 25 heavy (non-hydrogen) atoms. The maximum absolute atomic E-state index is 11.7. The summed E-state index contributed by atoms with van der Waals surface area (Å²) in [6.45, 7) is 0.0669. The van der Waals surface area contributed by atoms with Crippen molar-refractivity contribution < 1.29 is 14.3 Å². The number of esters is 1. The standard InChI is InChI=1S/C17H19N3O3S2/c1-20(10-5-9-18)15(21)12-23-16(22)8-4-11-24-17-19-13-6-2-3-7-14(13)25-17/h2-3,6-7H,4-5,8,10-12H2,1H3. The second-order valence-electron chi connectivity index (χ2n) is 5.28. The summed E-state index contributed by atoms with van der Waals surface area (Å²) >= 11 is 3.26. The van der Waals surface area contributed by atoms with E-state index in [1.165, 1.54) is 4.90 Å². The van der Waals surface area contributed by atoms with Crippen LogP contribution < -0.4 is 0 Å². The van der Waals surface area contributed by atoms with Crippen LogP contribution in [-0.4, -0.2) is 47.7 Å². The van der Waals surface area contributed by atoms with Crippen molar-refractivity contribution >= 4 is 45.2 Å². The van der Waals surface area contributed by atoms with E-state index >= 15 is 0 Å². The molecule has 6 nitrogen and oxygen atoms in total. The summed E-state index contributed by atoms with van der Waals surface area (Å²) in [6, 6.07) is 9.95. The molecule has 8 heteroatoms. The smallest absolute Gasteiger partial charge is 0.306 e. The monoisotopic (exact) mass is 377 g/mol. The highest BCUT2D eigenvalue weighted by molar-refractivity contribution is 8.01. The maximum atomic E-state index is 11.7. The zero-order chi connectivity index (χ0) is 18.1. The third-order valence-electron chi connectivity index (χ3n) is 3.37. The molecule has 0 aliphatic carbocycles. The van der Waals surface area contributed by atoms with E-state index in [0.717, 1.165) is 20.3 Å². The number of aromatic nitrogens is 1. The molecular formula is C17H19N3O3S2. The quantitative estimate of drug-likeness (QED) is 0.379. The number of rotatable bonds is 9. The molecule has 1 aromatic carbocycles. The first-order valence-corrected chi connectivity index (χ1v) is 9.65. The molecule has 2 rings (SSSR count). The van der Waals surface area contributed by atoms with Crippen molar-refractivity contribution in [1.82, 2.24) is 9.88 Å². The van der Waals surface area contributed by atoms with Gasteiger partial charge in [-0.1, -0.05) is 23.9 Å². The van der Waals surface area contributed by atoms with E-state index in [0.29, 0.717) is 13.0 Å². The van der Waals surface area contributed by atoms with Gasteiger partial charge in [-0.2, -0.15) is 5.26 Å². The molecule has 0 atom stereocenters. The number of benzene rings is 1. The Bertz CT molecular complexity index is 737. The second kappa shape index (κ2) is 10.0. The molecule has 0 saturated carbocycles. The molecule has 0 aliphatic heterocycles. The highest BCUT2D eigenvalue weighted by atomic mass is 32.2. The molecule has 0 radical (unpaired) electrons. The van der Waals surface area contributed by atoms with Crippen LogP contribution in [0.1, 0.15) is 19.3 Å². The number of nitrogens with zero attached hydrogens (tertiary/aromatic N) is 3. The van der Waals surface area contributed by atoms with Gasteiger partial charge in [-0.15, -0.1) is 11.3 Å². The lowest BCUT2D eigenvalue weighted by atomic mass is 10.3. The van der Waals surface area contributed by atoms with E-state index in [1.54, 1.807) is 30.1 Å². The fraction of sp³-hybridized carbons (Fsp3) is 0.412. The normalized spacial score (nSPS) is 10.4. The predicted octanol–water partition coefficient (Wildman–Crippen LogP) is 3.08. The first-order valence-electron chi connectivity index (χ1n) is 7.85. The third kappa shape index (κ3) is 6.36. The zero-order valence-electron chi connectivity index (χ0n) is 13.9. The molecule has 1 amide bonds. The van der Waals surface area contributed by atoms with Crippen molar-refractivity contribution in [1.29, 1.82) is 5.26 Å². The number of carbonyl (C=O) groups excluding carboxylic acids is 2. The SMILES string of the molecule is CN(CCC#N)C(=O)COC(=O)CCCSc1nc2ccccc2s1. The first-order chi connectivity index (χ1) is 12.1. The Hall–Kier alpha value is -2.11. The number of carbonyl (C=O) groups is 2. The lowest BCUT2D eigenvalue weighted by Crippen LogP contribution is -2.31. The number of hydrogen-bond donors (Lipinski definition) is 0. The molecular weight excluding hydrogens is 358 g/mol. The van der Waals surface area contributed by atoms with Gasteiger partial charge in [0.05, 0.1) is 22.7 Å². The van der Waals surface area contributed by atoms with Crippen molar-refractivity contribution in [3.05, 3.63) is 24.3 Å². The largest absolute Gasteiger partial charge is 0.456 e. The minimum Gasteiger partial charge on any atom is -0.456 e. The predicted molar refractivity (Wildman–Crippen MR) is 98.4 cm³/mol. The Labute approximate surface area is 154 Å². The van der Waals surface area contributed by atoms with Crippen LogP contribution in [0, 0.1) is 11.3 Å². The summed E-state index contributed by atoms with van der Waals surface area (Å²) in [5, 5.41) is 8.48. The van der Waals surface area contributed by atoms with Crippen molar-refractivity contribution in [2.24, 2.45) is 0 Å². The number of likely N-dealkylation sites (N-methyl/N-ethyl adjacent to an activating group) is 1. The molecule has 1 heterocycles. The number of amides is 1. The summed E-state index contributed by atoms with van der Waals surface area (Å²) in [5.41, 5.74) is 0.994.